The molecule has 1 aliphatic carbocycles. The fourth-order valence-corrected chi connectivity index (χ4v) is 4.61. The molecule has 186 valence electrons. The van der Waals surface area contributed by atoms with E-state index in [2.05, 4.69) is 5.32 Å². The average molecular weight is 499 g/mol. The quantitative estimate of drug-likeness (QED) is 0.241. The molecule has 10 nitrogen and oxygen atoms in total. The highest BCUT2D eigenvalue weighted by Gasteiger charge is 2.29. The van der Waals surface area contributed by atoms with E-state index in [9.17, 15) is 29.3 Å². The summed E-state index contributed by atoms with van der Waals surface area (Å²) in [6, 6.07) is 15.0. The predicted molar refractivity (Wildman–Crippen MR) is 133 cm³/mol. The summed E-state index contributed by atoms with van der Waals surface area (Å²) < 4.78 is 5.05. The SMILES string of the molecule is O=C(COC(=O)c1ccc(N2CCCC2)c([N+](=O)[O-])c1)Nc1ccc2c(c1)C(=O)c1ccccc1C2=O. The Balaban J connectivity index is 1.25. The highest BCUT2D eigenvalue weighted by molar-refractivity contribution is 6.28. The molecular formula is C27H21N3O7. The van der Waals surface area contributed by atoms with E-state index < -0.39 is 23.4 Å². The van der Waals surface area contributed by atoms with Gasteiger partial charge in [-0.25, -0.2) is 4.79 Å². The predicted octanol–water partition coefficient (Wildman–Crippen LogP) is 3.77. The van der Waals surface area contributed by atoms with Gasteiger partial charge in [0.25, 0.3) is 11.6 Å². The normalized spacial score (nSPS) is 14.1. The van der Waals surface area contributed by atoms with E-state index in [1.807, 2.05) is 4.90 Å². The van der Waals surface area contributed by atoms with Crippen LogP contribution in [0.1, 0.15) is 55.0 Å². The van der Waals surface area contributed by atoms with Crippen LogP contribution in [0.25, 0.3) is 0 Å². The van der Waals surface area contributed by atoms with Gasteiger partial charge >= 0.3 is 5.97 Å². The molecule has 1 heterocycles. The van der Waals surface area contributed by atoms with Gasteiger partial charge in [0.1, 0.15) is 5.69 Å². The Morgan fingerprint density at radius 3 is 2.22 bits per heavy atom. The van der Waals surface area contributed by atoms with E-state index in [0.29, 0.717) is 29.9 Å². The number of anilines is 2. The first-order chi connectivity index (χ1) is 17.8. The van der Waals surface area contributed by atoms with E-state index >= 15 is 0 Å². The van der Waals surface area contributed by atoms with Gasteiger partial charge in [0.15, 0.2) is 18.2 Å². The number of benzene rings is 3. The molecule has 1 N–H and O–H groups in total. The molecular weight excluding hydrogens is 478 g/mol. The number of carbonyl (C=O) groups is 4. The third-order valence-corrected chi connectivity index (χ3v) is 6.40. The average Bonchev–Trinajstić information content (AvgIpc) is 3.45. The molecule has 0 unspecified atom stereocenters. The molecule has 1 fully saturated rings. The lowest BCUT2D eigenvalue weighted by Crippen LogP contribution is -2.23. The van der Waals surface area contributed by atoms with Crippen molar-refractivity contribution in [3.8, 4) is 0 Å². The first-order valence-corrected chi connectivity index (χ1v) is 11.7. The van der Waals surface area contributed by atoms with E-state index in [1.54, 1.807) is 24.3 Å². The van der Waals surface area contributed by atoms with Crippen LogP contribution in [0.3, 0.4) is 0 Å². The van der Waals surface area contributed by atoms with Crippen LogP contribution in [-0.2, 0) is 9.53 Å². The van der Waals surface area contributed by atoms with Crippen molar-refractivity contribution in [2.75, 3.05) is 29.9 Å². The van der Waals surface area contributed by atoms with E-state index in [4.69, 9.17) is 4.74 Å². The second-order valence-electron chi connectivity index (χ2n) is 8.74. The van der Waals surface area contributed by atoms with Gasteiger partial charge in [0, 0.05) is 47.1 Å². The molecule has 0 bridgehead atoms. The molecule has 0 radical (unpaired) electrons. The highest BCUT2D eigenvalue weighted by Crippen LogP contribution is 2.32. The van der Waals surface area contributed by atoms with E-state index in [1.165, 1.54) is 30.3 Å². The Bertz CT molecular complexity index is 1470. The van der Waals surface area contributed by atoms with Crippen LogP contribution in [0.5, 0.6) is 0 Å². The molecule has 1 aliphatic heterocycles. The van der Waals surface area contributed by atoms with Gasteiger partial charge in [-0.2, -0.15) is 0 Å². The smallest absolute Gasteiger partial charge is 0.338 e. The molecule has 0 aromatic heterocycles. The van der Waals surface area contributed by atoms with Crippen molar-refractivity contribution in [3.63, 3.8) is 0 Å². The number of rotatable bonds is 6. The zero-order valence-electron chi connectivity index (χ0n) is 19.6. The maximum atomic E-state index is 12.9. The maximum absolute atomic E-state index is 12.9. The van der Waals surface area contributed by atoms with Crippen LogP contribution in [0.15, 0.2) is 60.7 Å². The molecule has 2 aliphatic rings. The summed E-state index contributed by atoms with van der Waals surface area (Å²) >= 11 is 0. The van der Waals surface area contributed by atoms with Crippen molar-refractivity contribution >= 4 is 40.5 Å². The van der Waals surface area contributed by atoms with Crippen molar-refractivity contribution < 1.29 is 28.8 Å². The standard InChI is InChI=1S/C27H21N3O7/c31-24(15-37-27(34)16-7-10-22(23(13-16)30(35)36)29-11-3-4-12-29)28-17-8-9-20-21(14-17)26(33)19-6-2-1-5-18(19)25(20)32/h1-2,5-10,13-14H,3-4,11-12,15H2,(H,28,31). The Morgan fingerprint density at radius 2 is 1.54 bits per heavy atom. The van der Waals surface area contributed by atoms with Crippen molar-refractivity contribution in [2.24, 2.45) is 0 Å². The fourth-order valence-electron chi connectivity index (χ4n) is 4.61. The Labute approximate surface area is 211 Å². The van der Waals surface area contributed by atoms with Crippen molar-refractivity contribution in [1.29, 1.82) is 0 Å². The third kappa shape index (κ3) is 4.56. The number of hydrogen-bond acceptors (Lipinski definition) is 8. The van der Waals surface area contributed by atoms with Crippen molar-refractivity contribution in [1.82, 2.24) is 0 Å². The second kappa shape index (κ2) is 9.65. The van der Waals surface area contributed by atoms with Crippen LogP contribution in [0, 0.1) is 10.1 Å². The molecule has 1 amide bonds. The number of hydrogen-bond donors (Lipinski definition) is 1. The summed E-state index contributed by atoms with van der Waals surface area (Å²) in [5, 5.41) is 14.1. The lowest BCUT2D eigenvalue weighted by molar-refractivity contribution is -0.384. The van der Waals surface area contributed by atoms with Gasteiger partial charge in [0.05, 0.1) is 10.5 Å². The number of nitro groups is 1. The first kappa shape index (κ1) is 23.9. The molecule has 5 rings (SSSR count). The Morgan fingerprint density at radius 1 is 0.892 bits per heavy atom. The van der Waals surface area contributed by atoms with Crippen molar-refractivity contribution in [2.45, 2.75) is 12.8 Å². The number of fused-ring (bicyclic) bond motifs is 2. The summed E-state index contributed by atoms with van der Waals surface area (Å²) in [4.78, 5) is 63.4. The van der Waals surface area contributed by atoms with Crippen LogP contribution in [0.2, 0.25) is 0 Å². The lowest BCUT2D eigenvalue weighted by Gasteiger charge is -2.18. The van der Waals surface area contributed by atoms with Crippen LogP contribution < -0.4 is 10.2 Å². The first-order valence-electron chi connectivity index (χ1n) is 11.7. The molecule has 0 atom stereocenters. The summed E-state index contributed by atoms with van der Waals surface area (Å²) in [7, 11) is 0. The molecule has 0 spiro atoms. The van der Waals surface area contributed by atoms with Crippen LogP contribution >= 0.6 is 0 Å². The number of nitro benzene ring substituents is 1. The molecule has 10 heteroatoms. The van der Waals surface area contributed by atoms with Crippen LogP contribution in [0.4, 0.5) is 17.1 Å². The highest BCUT2D eigenvalue weighted by atomic mass is 16.6. The minimum atomic E-state index is -0.881. The van der Waals surface area contributed by atoms with E-state index in [-0.39, 0.29) is 39.6 Å². The second-order valence-corrected chi connectivity index (χ2v) is 8.74. The lowest BCUT2D eigenvalue weighted by atomic mass is 9.84. The number of amides is 1. The maximum Gasteiger partial charge on any atom is 0.338 e. The summed E-state index contributed by atoms with van der Waals surface area (Å²) in [6.45, 7) is 0.771. The molecule has 3 aromatic rings. The number of esters is 1. The zero-order chi connectivity index (χ0) is 26.1. The Kier molecular flexibility index (Phi) is 6.22. The van der Waals surface area contributed by atoms with Gasteiger partial charge in [-0.05, 0) is 43.2 Å². The van der Waals surface area contributed by atoms with Gasteiger partial charge in [-0.15, -0.1) is 0 Å². The minimum Gasteiger partial charge on any atom is -0.452 e. The topological polar surface area (TPSA) is 136 Å². The monoisotopic (exact) mass is 499 g/mol. The summed E-state index contributed by atoms with van der Waals surface area (Å²) in [5.74, 6) is -2.16. The van der Waals surface area contributed by atoms with Crippen LogP contribution in [-0.4, -0.2) is 48.1 Å². The Hall–Kier alpha value is -4.86. The number of ether oxygens (including phenoxy) is 1. The third-order valence-electron chi connectivity index (χ3n) is 6.40. The van der Waals surface area contributed by atoms with E-state index in [0.717, 1.165) is 18.9 Å². The zero-order valence-corrected chi connectivity index (χ0v) is 19.6. The molecule has 1 saturated heterocycles. The number of nitrogens with one attached hydrogen (secondary N) is 1. The van der Waals surface area contributed by atoms with Gasteiger partial charge in [-0.1, -0.05) is 24.3 Å². The van der Waals surface area contributed by atoms with Gasteiger partial charge < -0.3 is 15.0 Å². The number of ketones is 2. The van der Waals surface area contributed by atoms with Gasteiger partial charge in [-0.3, -0.25) is 24.5 Å². The van der Waals surface area contributed by atoms with Crippen molar-refractivity contribution in [3.05, 3.63) is 98.6 Å². The number of carbonyl (C=O) groups excluding carboxylic acids is 4. The largest absolute Gasteiger partial charge is 0.452 e. The number of nitrogens with zero attached hydrogens (tertiary/aromatic N) is 2. The summed E-state index contributed by atoms with van der Waals surface area (Å²) in [6.07, 6.45) is 1.88. The molecule has 37 heavy (non-hydrogen) atoms. The molecule has 3 aromatic carbocycles. The van der Waals surface area contributed by atoms with Gasteiger partial charge in [0.2, 0.25) is 0 Å². The fraction of sp³-hybridized carbons (Fsp3) is 0.185. The minimum absolute atomic E-state index is 0.0426. The molecule has 0 saturated carbocycles. The summed E-state index contributed by atoms with van der Waals surface area (Å²) in [5.41, 5.74) is 1.50.